The number of nitrogens with one attached hydrogen (secondary N) is 3. The molecular formula is C22H20N8O. The Morgan fingerprint density at radius 3 is 2.45 bits per heavy atom. The van der Waals surface area contributed by atoms with Crippen molar-refractivity contribution in [3.05, 3.63) is 84.4 Å². The first-order valence-corrected chi connectivity index (χ1v) is 9.62. The average Bonchev–Trinajstić information content (AvgIpc) is 2.79. The Kier molecular flexibility index (Phi) is 6.03. The van der Waals surface area contributed by atoms with Crippen LogP contribution in [0.2, 0.25) is 0 Å². The molecule has 0 bridgehead atoms. The zero-order chi connectivity index (χ0) is 21.5. The molecule has 3 aromatic heterocycles. The van der Waals surface area contributed by atoms with E-state index in [0.29, 0.717) is 35.4 Å². The summed E-state index contributed by atoms with van der Waals surface area (Å²) in [6.07, 6.45) is 3.23. The number of nitrogens with zero attached hydrogens (tertiary/aromatic N) is 5. The molecule has 3 N–H and O–H groups in total. The first kappa shape index (κ1) is 19.9. The molecule has 0 aliphatic carbocycles. The van der Waals surface area contributed by atoms with Gasteiger partial charge in [-0.2, -0.15) is 9.97 Å². The SMILES string of the molecule is Cc1nc(NC(=O)Nc2ccc(NCc3ccccc3)nc2)nc(-c2ccccn2)n1. The fourth-order valence-corrected chi connectivity index (χ4v) is 2.77. The number of aryl methyl sites for hydroxylation is 1. The van der Waals surface area contributed by atoms with E-state index in [4.69, 9.17) is 0 Å². The predicted octanol–water partition coefficient (Wildman–Crippen LogP) is 3.89. The summed E-state index contributed by atoms with van der Waals surface area (Å²) in [6.45, 7) is 2.39. The van der Waals surface area contributed by atoms with Gasteiger partial charge in [-0.1, -0.05) is 36.4 Å². The van der Waals surface area contributed by atoms with Crippen molar-refractivity contribution in [2.75, 3.05) is 16.0 Å². The second-order valence-corrected chi connectivity index (χ2v) is 6.60. The minimum absolute atomic E-state index is 0.139. The maximum absolute atomic E-state index is 12.4. The average molecular weight is 412 g/mol. The normalized spacial score (nSPS) is 10.4. The van der Waals surface area contributed by atoms with Gasteiger partial charge in [0, 0.05) is 12.7 Å². The Morgan fingerprint density at radius 2 is 1.71 bits per heavy atom. The Balaban J connectivity index is 1.36. The molecule has 4 rings (SSSR count). The number of carbonyl (C=O) groups is 1. The first-order valence-electron chi connectivity index (χ1n) is 9.62. The van der Waals surface area contributed by atoms with Gasteiger partial charge in [0.15, 0.2) is 5.82 Å². The molecular weight excluding hydrogens is 392 g/mol. The molecule has 0 aliphatic heterocycles. The van der Waals surface area contributed by atoms with Crippen molar-refractivity contribution in [1.82, 2.24) is 24.9 Å². The van der Waals surface area contributed by atoms with E-state index in [1.165, 1.54) is 0 Å². The van der Waals surface area contributed by atoms with Crippen LogP contribution in [0.1, 0.15) is 11.4 Å². The van der Waals surface area contributed by atoms with E-state index in [-0.39, 0.29) is 5.95 Å². The molecule has 0 fully saturated rings. The van der Waals surface area contributed by atoms with Crippen molar-refractivity contribution in [3.63, 3.8) is 0 Å². The molecule has 0 saturated heterocycles. The zero-order valence-electron chi connectivity index (χ0n) is 16.8. The maximum Gasteiger partial charge on any atom is 0.326 e. The molecule has 9 heteroatoms. The van der Waals surface area contributed by atoms with Crippen LogP contribution in [0.5, 0.6) is 0 Å². The molecule has 31 heavy (non-hydrogen) atoms. The first-order chi connectivity index (χ1) is 15.2. The van der Waals surface area contributed by atoms with Crippen LogP contribution in [0.4, 0.5) is 22.2 Å². The summed E-state index contributed by atoms with van der Waals surface area (Å²) in [4.78, 5) is 33.6. The van der Waals surface area contributed by atoms with Gasteiger partial charge in [-0.15, -0.1) is 0 Å². The highest BCUT2D eigenvalue weighted by molar-refractivity contribution is 5.98. The zero-order valence-corrected chi connectivity index (χ0v) is 16.8. The number of rotatable bonds is 6. The number of hydrogen-bond donors (Lipinski definition) is 3. The lowest BCUT2D eigenvalue weighted by molar-refractivity contribution is 0.262. The standard InChI is InChI=1S/C22H20N8O/c1-15-26-20(18-9-5-6-12-23-18)29-21(27-15)30-22(31)28-17-10-11-19(25-14-17)24-13-16-7-3-2-4-8-16/h2-12,14H,13H2,1H3,(H,24,25)(H2,26,27,28,29,30,31). The highest BCUT2D eigenvalue weighted by atomic mass is 16.2. The van der Waals surface area contributed by atoms with Crippen molar-refractivity contribution >= 4 is 23.5 Å². The van der Waals surface area contributed by atoms with Crippen molar-refractivity contribution in [2.45, 2.75) is 13.5 Å². The molecule has 0 radical (unpaired) electrons. The van der Waals surface area contributed by atoms with Gasteiger partial charge in [0.25, 0.3) is 0 Å². The molecule has 0 saturated carbocycles. The lowest BCUT2D eigenvalue weighted by atomic mass is 10.2. The van der Waals surface area contributed by atoms with Crippen molar-refractivity contribution in [1.29, 1.82) is 0 Å². The van der Waals surface area contributed by atoms with Crippen LogP contribution >= 0.6 is 0 Å². The van der Waals surface area contributed by atoms with Crippen LogP contribution in [0, 0.1) is 6.92 Å². The van der Waals surface area contributed by atoms with Crippen LogP contribution in [-0.2, 0) is 6.54 Å². The summed E-state index contributed by atoms with van der Waals surface area (Å²) in [6, 6.07) is 18.5. The Labute approximate surface area is 179 Å². The molecule has 0 unspecified atom stereocenters. The van der Waals surface area contributed by atoms with Gasteiger partial charge in [-0.05, 0) is 36.8 Å². The van der Waals surface area contributed by atoms with Crippen LogP contribution < -0.4 is 16.0 Å². The van der Waals surface area contributed by atoms with Gasteiger partial charge in [-0.3, -0.25) is 10.3 Å². The Bertz CT molecular complexity index is 1150. The van der Waals surface area contributed by atoms with E-state index in [9.17, 15) is 4.79 Å². The summed E-state index contributed by atoms with van der Waals surface area (Å²) >= 11 is 0. The summed E-state index contributed by atoms with van der Waals surface area (Å²) < 4.78 is 0. The number of benzene rings is 1. The maximum atomic E-state index is 12.4. The Morgan fingerprint density at radius 1 is 0.871 bits per heavy atom. The number of amides is 2. The Hall–Kier alpha value is -4.40. The molecule has 0 aliphatic rings. The van der Waals surface area contributed by atoms with E-state index in [2.05, 4.69) is 40.9 Å². The van der Waals surface area contributed by atoms with Crippen molar-refractivity contribution in [2.24, 2.45) is 0 Å². The topological polar surface area (TPSA) is 118 Å². The molecule has 1 aromatic carbocycles. The van der Waals surface area contributed by atoms with Crippen LogP contribution in [0.15, 0.2) is 73.1 Å². The third-order valence-corrected chi connectivity index (χ3v) is 4.20. The lowest BCUT2D eigenvalue weighted by Gasteiger charge is -2.09. The summed E-state index contributed by atoms with van der Waals surface area (Å²) in [5, 5.41) is 8.57. The van der Waals surface area contributed by atoms with E-state index in [0.717, 1.165) is 5.56 Å². The van der Waals surface area contributed by atoms with E-state index in [1.54, 1.807) is 43.6 Å². The van der Waals surface area contributed by atoms with E-state index >= 15 is 0 Å². The van der Waals surface area contributed by atoms with Crippen LogP contribution in [0.3, 0.4) is 0 Å². The largest absolute Gasteiger partial charge is 0.366 e. The molecule has 9 nitrogen and oxygen atoms in total. The quantitative estimate of drug-likeness (QED) is 0.440. The van der Waals surface area contributed by atoms with Gasteiger partial charge in [0.05, 0.1) is 11.9 Å². The van der Waals surface area contributed by atoms with Gasteiger partial charge in [0.2, 0.25) is 5.95 Å². The fraction of sp³-hybridized carbons (Fsp3) is 0.0909. The van der Waals surface area contributed by atoms with Gasteiger partial charge in [-0.25, -0.2) is 14.8 Å². The predicted molar refractivity (Wildman–Crippen MR) is 118 cm³/mol. The summed E-state index contributed by atoms with van der Waals surface area (Å²) in [5.41, 5.74) is 2.29. The summed E-state index contributed by atoms with van der Waals surface area (Å²) in [5.74, 6) is 1.71. The third kappa shape index (κ3) is 5.57. The molecule has 154 valence electrons. The smallest absolute Gasteiger partial charge is 0.326 e. The number of urea groups is 1. The van der Waals surface area contributed by atoms with Crippen molar-refractivity contribution in [3.8, 4) is 11.5 Å². The number of hydrogen-bond acceptors (Lipinski definition) is 7. The molecule has 3 heterocycles. The second-order valence-electron chi connectivity index (χ2n) is 6.60. The summed E-state index contributed by atoms with van der Waals surface area (Å²) in [7, 11) is 0. The highest BCUT2D eigenvalue weighted by Crippen LogP contribution is 2.14. The molecule has 0 spiro atoms. The number of anilines is 3. The molecule has 4 aromatic rings. The lowest BCUT2D eigenvalue weighted by Crippen LogP contribution is -2.21. The third-order valence-electron chi connectivity index (χ3n) is 4.20. The van der Waals surface area contributed by atoms with E-state index < -0.39 is 6.03 Å². The van der Waals surface area contributed by atoms with Crippen molar-refractivity contribution < 1.29 is 4.79 Å². The van der Waals surface area contributed by atoms with Crippen LogP contribution in [0.25, 0.3) is 11.5 Å². The number of aromatic nitrogens is 5. The number of pyridine rings is 2. The molecule has 2 amide bonds. The minimum Gasteiger partial charge on any atom is -0.366 e. The fourth-order valence-electron chi connectivity index (χ4n) is 2.77. The van der Waals surface area contributed by atoms with Gasteiger partial charge >= 0.3 is 6.03 Å². The highest BCUT2D eigenvalue weighted by Gasteiger charge is 2.10. The molecule has 0 atom stereocenters. The monoisotopic (exact) mass is 412 g/mol. The second kappa shape index (κ2) is 9.40. The van der Waals surface area contributed by atoms with Gasteiger partial charge in [0.1, 0.15) is 17.3 Å². The minimum atomic E-state index is -0.482. The van der Waals surface area contributed by atoms with Crippen LogP contribution in [-0.4, -0.2) is 31.0 Å². The number of carbonyl (C=O) groups excluding carboxylic acids is 1. The van der Waals surface area contributed by atoms with Gasteiger partial charge < -0.3 is 10.6 Å². The van der Waals surface area contributed by atoms with E-state index in [1.807, 2.05) is 36.4 Å².